The van der Waals surface area contributed by atoms with Crippen LogP contribution in [0.5, 0.6) is 0 Å². The highest BCUT2D eigenvalue weighted by molar-refractivity contribution is 5.95. The van der Waals surface area contributed by atoms with E-state index in [4.69, 9.17) is 5.73 Å². The highest BCUT2D eigenvalue weighted by atomic mass is 16.6. The molecule has 0 bridgehead atoms. The maximum Gasteiger partial charge on any atom is 0.292 e. The molecule has 1 amide bonds. The van der Waals surface area contributed by atoms with E-state index in [2.05, 4.69) is 10.4 Å². The fraction of sp³-hybridized carbons (Fsp3) is 0.375. The van der Waals surface area contributed by atoms with Crippen LogP contribution in [0.25, 0.3) is 0 Å². The summed E-state index contributed by atoms with van der Waals surface area (Å²) >= 11 is 0. The number of nitrogen functional groups attached to an aromatic ring is 1. The predicted molar refractivity (Wildman–Crippen MR) is 90.8 cm³/mol. The third-order valence-electron chi connectivity index (χ3n) is 4.04. The molecule has 24 heavy (non-hydrogen) atoms. The Balaban J connectivity index is 2.12. The normalized spacial score (nSPS) is 12.0. The molecule has 0 fully saturated rings. The van der Waals surface area contributed by atoms with Crippen LogP contribution in [0.2, 0.25) is 0 Å². The first-order chi connectivity index (χ1) is 11.2. The van der Waals surface area contributed by atoms with E-state index in [0.29, 0.717) is 6.42 Å². The van der Waals surface area contributed by atoms with Gasteiger partial charge in [-0.2, -0.15) is 5.10 Å². The van der Waals surface area contributed by atoms with Gasteiger partial charge in [0.2, 0.25) is 0 Å². The topological polar surface area (TPSA) is 116 Å². The number of nitro groups is 1. The van der Waals surface area contributed by atoms with E-state index in [9.17, 15) is 14.9 Å². The number of anilines is 1. The molecule has 1 aromatic carbocycles. The zero-order chi connectivity index (χ0) is 18.0. The van der Waals surface area contributed by atoms with Gasteiger partial charge in [-0.3, -0.25) is 19.6 Å². The molecule has 0 saturated heterocycles. The van der Waals surface area contributed by atoms with Gasteiger partial charge in [0.05, 0.1) is 10.6 Å². The molecule has 1 aromatic heterocycles. The monoisotopic (exact) mass is 331 g/mol. The lowest BCUT2D eigenvalue weighted by molar-refractivity contribution is -0.383. The predicted octanol–water partition coefficient (Wildman–Crippen LogP) is 1.89. The Hall–Kier alpha value is -2.90. The van der Waals surface area contributed by atoms with Crippen LogP contribution in [0.15, 0.2) is 18.2 Å². The van der Waals surface area contributed by atoms with Crippen LogP contribution in [0.4, 0.5) is 11.4 Å². The number of aryl methyl sites for hydroxylation is 2. The van der Waals surface area contributed by atoms with Crippen molar-refractivity contribution in [1.82, 2.24) is 15.1 Å². The molecule has 0 spiro atoms. The van der Waals surface area contributed by atoms with E-state index >= 15 is 0 Å². The maximum atomic E-state index is 12.3. The molecule has 1 atom stereocenters. The Morgan fingerprint density at radius 1 is 1.46 bits per heavy atom. The highest BCUT2D eigenvalue weighted by Crippen LogP contribution is 2.22. The van der Waals surface area contributed by atoms with Gasteiger partial charge in [-0.05, 0) is 44.9 Å². The Morgan fingerprint density at radius 2 is 2.12 bits per heavy atom. The molecule has 128 valence electrons. The van der Waals surface area contributed by atoms with Gasteiger partial charge < -0.3 is 11.1 Å². The summed E-state index contributed by atoms with van der Waals surface area (Å²) in [5.41, 5.74) is 8.60. The summed E-state index contributed by atoms with van der Waals surface area (Å²) < 4.78 is 1.81. The van der Waals surface area contributed by atoms with Gasteiger partial charge in [0.15, 0.2) is 0 Å². The second-order valence-electron chi connectivity index (χ2n) is 5.88. The molecule has 0 aliphatic heterocycles. The van der Waals surface area contributed by atoms with Gasteiger partial charge in [-0.1, -0.05) is 0 Å². The number of rotatable bonds is 5. The van der Waals surface area contributed by atoms with Crippen LogP contribution in [0.1, 0.15) is 34.2 Å². The number of nitro benzene ring substituents is 1. The van der Waals surface area contributed by atoms with Crippen molar-refractivity contribution in [3.63, 3.8) is 0 Å². The molecule has 8 heteroatoms. The van der Waals surface area contributed by atoms with E-state index in [1.807, 2.05) is 32.5 Å². The van der Waals surface area contributed by atoms with Crippen molar-refractivity contribution < 1.29 is 9.72 Å². The quantitative estimate of drug-likeness (QED) is 0.493. The van der Waals surface area contributed by atoms with Crippen LogP contribution >= 0.6 is 0 Å². The van der Waals surface area contributed by atoms with E-state index in [1.54, 1.807) is 0 Å². The van der Waals surface area contributed by atoms with Gasteiger partial charge in [0.1, 0.15) is 5.69 Å². The number of hydrogen-bond donors (Lipinski definition) is 2. The fourth-order valence-corrected chi connectivity index (χ4v) is 2.62. The Kier molecular flexibility index (Phi) is 4.87. The first kappa shape index (κ1) is 17.5. The Morgan fingerprint density at radius 3 is 2.67 bits per heavy atom. The molecule has 1 heterocycles. The van der Waals surface area contributed by atoms with E-state index in [1.165, 1.54) is 18.2 Å². The number of benzene rings is 1. The van der Waals surface area contributed by atoms with E-state index in [0.717, 1.165) is 17.0 Å². The molecule has 8 nitrogen and oxygen atoms in total. The SMILES string of the molecule is Cc1nn(C)c(C)c1CC(C)NC(=O)c1ccc(N)c([N+](=O)[O-])c1. The third kappa shape index (κ3) is 3.53. The van der Waals surface area contributed by atoms with Crippen molar-refractivity contribution in [1.29, 1.82) is 0 Å². The van der Waals surface area contributed by atoms with Crippen LogP contribution in [0.3, 0.4) is 0 Å². The van der Waals surface area contributed by atoms with Gasteiger partial charge in [-0.15, -0.1) is 0 Å². The Bertz CT molecular complexity index is 797. The van der Waals surface area contributed by atoms with Gasteiger partial charge in [0, 0.05) is 30.4 Å². The molecule has 0 radical (unpaired) electrons. The van der Waals surface area contributed by atoms with Crippen molar-refractivity contribution in [2.45, 2.75) is 33.2 Å². The van der Waals surface area contributed by atoms with Crippen molar-refractivity contribution in [3.8, 4) is 0 Å². The highest BCUT2D eigenvalue weighted by Gasteiger charge is 2.18. The zero-order valence-electron chi connectivity index (χ0n) is 14.2. The summed E-state index contributed by atoms with van der Waals surface area (Å²) in [5, 5.41) is 18.1. The van der Waals surface area contributed by atoms with Crippen LogP contribution in [-0.4, -0.2) is 26.7 Å². The first-order valence-corrected chi connectivity index (χ1v) is 7.54. The van der Waals surface area contributed by atoms with Crippen molar-refractivity contribution in [2.24, 2.45) is 7.05 Å². The summed E-state index contributed by atoms with van der Waals surface area (Å²) in [4.78, 5) is 22.6. The molecule has 2 rings (SSSR count). The summed E-state index contributed by atoms with van der Waals surface area (Å²) in [5.74, 6) is -0.371. The average molecular weight is 331 g/mol. The minimum atomic E-state index is -0.599. The number of aromatic nitrogens is 2. The molecule has 2 aromatic rings. The van der Waals surface area contributed by atoms with Gasteiger partial charge in [0.25, 0.3) is 11.6 Å². The number of hydrogen-bond acceptors (Lipinski definition) is 5. The fourth-order valence-electron chi connectivity index (χ4n) is 2.62. The lowest BCUT2D eigenvalue weighted by Crippen LogP contribution is -2.34. The summed E-state index contributed by atoms with van der Waals surface area (Å²) in [6.45, 7) is 5.79. The van der Waals surface area contributed by atoms with E-state index < -0.39 is 4.92 Å². The molecular weight excluding hydrogens is 310 g/mol. The third-order valence-corrected chi connectivity index (χ3v) is 4.04. The molecule has 3 N–H and O–H groups in total. The molecular formula is C16H21N5O3. The second-order valence-corrected chi connectivity index (χ2v) is 5.88. The number of nitrogens with one attached hydrogen (secondary N) is 1. The summed E-state index contributed by atoms with van der Waals surface area (Å²) in [6.07, 6.45) is 0.633. The van der Waals surface area contributed by atoms with Crippen LogP contribution < -0.4 is 11.1 Å². The number of amides is 1. The first-order valence-electron chi connectivity index (χ1n) is 7.54. The number of nitrogens with two attached hydrogens (primary N) is 1. The number of nitrogens with zero attached hydrogens (tertiary/aromatic N) is 3. The molecule has 0 aliphatic carbocycles. The lowest BCUT2D eigenvalue weighted by Gasteiger charge is -2.14. The van der Waals surface area contributed by atoms with Gasteiger partial charge >= 0.3 is 0 Å². The largest absolute Gasteiger partial charge is 0.393 e. The number of carbonyl (C=O) groups excluding carboxylic acids is 1. The lowest BCUT2D eigenvalue weighted by atomic mass is 10.0. The van der Waals surface area contributed by atoms with Crippen molar-refractivity contribution in [3.05, 3.63) is 50.8 Å². The van der Waals surface area contributed by atoms with Crippen LogP contribution in [-0.2, 0) is 13.5 Å². The Labute approximate surface area is 139 Å². The molecule has 1 unspecified atom stereocenters. The summed E-state index contributed by atoms with van der Waals surface area (Å²) in [6, 6.07) is 3.89. The smallest absolute Gasteiger partial charge is 0.292 e. The minimum absolute atomic E-state index is 0.0335. The van der Waals surface area contributed by atoms with Crippen molar-refractivity contribution in [2.75, 3.05) is 5.73 Å². The standard InChI is InChI=1S/C16H21N5O3/c1-9(7-13-10(2)19-20(4)11(13)3)18-16(22)12-5-6-14(17)15(8-12)21(23)24/h5-6,8-9H,7,17H2,1-4H3,(H,18,22). The zero-order valence-corrected chi connectivity index (χ0v) is 14.2. The van der Waals surface area contributed by atoms with Gasteiger partial charge in [-0.25, -0.2) is 0 Å². The second kappa shape index (κ2) is 6.69. The molecule has 0 saturated carbocycles. The minimum Gasteiger partial charge on any atom is -0.393 e. The van der Waals surface area contributed by atoms with Crippen molar-refractivity contribution >= 4 is 17.3 Å². The molecule has 0 aliphatic rings. The summed E-state index contributed by atoms with van der Waals surface area (Å²) in [7, 11) is 1.88. The number of carbonyl (C=O) groups is 1. The average Bonchev–Trinajstić information content (AvgIpc) is 2.73. The maximum absolute atomic E-state index is 12.3. The van der Waals surface area contributed by atoms with Crippen LogP contribution in [0, 0.1) is 24.0 Å². The van der Waals surface area contributed by atoms with E-state index in [-0.39, 0.29) is 28.9 Å².